The molecule has 5 rings (SSSR count). The zero-order chi connectivity index (χ0) is 20.1. The molecule has 29 heavy (non-hydrogen) atoms. The summed E-state index contributed by atoms with van der Waals surface area (Å²) in [5, 5.41) is 26.4. The van der Waals surface area contributed by atoms with Crippen LogP contribution in [0.25, 0.3) is 0 Å². The Morgan fingerprint density at radius 2 is 2.10 bits per heavy atom. The molecule has 3 fully saturated rings. The van der Waals surface area contributed by atoms with E-state index in [0.717, 1.165) is 51.0 Å². The molecule has 0 spiro atoms. The number of fused-ring (bicyclic) bond motifs is 2. The second kappa shape index (κ2) is 7.18. The van der Waals surface area contributed by atoms with Crippen LogP contribution in [-0.2, 0) is 0 Å². The summed E-state index contributed by atoms with van der Waals surface area (Å²) >= 11 is 0. The van der Waals surface area contributed by atoms with Crippen molar-refractivity contribution < 1.29 is 19.4 Å². The summed E-state index contributed by atoms with van der Waals surface area (Å²) in [4.78, 5) is 4.14. The fraction of sp³-hybridized carbons (Fsp3) is 0.571. The van der Waals surface area contributed by atoms with Crippen LogP contribution in [0.3, 0.4) is 0 Å². The van der Waals surface area contributed by atoms with Crippen LogP contribution in [0.1, 0.15) is 37.4 Å². The molecule has 156 valence electrons. The van der Waals surface area contributed by atoms with E-state index in [0.29, 0.717) is 34.5 Å². The standard InChI is InChI=1S/C21H27FN4O3/c1-29-21-18-15(20(27)13(8-24-28)10-26(18)14-4-5-14)7-16(22)19(21)25-9-12-3-2-6-23-17(12)11-25/h7-8,10,12,14,17,20,23,27-28H,2-6,9,11H2,1H3/b24-8+/t12-,17+,20?/m0/s1. The molecule has 3 heterocycles. The average molecular weight is 402 g/mol. The molecule has 3 atom stereocenters. The zero-order valence-electron chi connectivity index (χ0n) is 16.5. The number of benzene rings is 1. The summed E-state index contributed by atoms with van der Waals surface area (Å²) in [5.41, 5.74) is 2.07. The van der Waals surface area contributed by atoms with Gasteiger partial charge in [0.2, 0.25) is 0 Å². The lowest BCUT2D eigenvalue weighted by atomic mass is 9.94. The van der Waals surface area contributed by atoms with E-state index in [1.165, 1.54) is 12.3 Å². The molecule has 1 aromatic carbocycles. The Balaban J connectivity index is 1.61. The predicted molar refractivity (Wildman–Crippen MR) is 109 cm³/mol. The van der Waals surface area contributed by atoms with Crippen LogP contribution < -0.4 is 19.9 Å². The number of hydrogen-bond acceptors (Lipinski definition) is 7. The first-order valence-electron chi connectivity index (χ1n) is 10.4. The third kappa shape index (κ3) is 3.05. The van der Waals surface area contributed by atoms with Crippen LogP contribution in [0, 0.1) is 11.7 Å². The molecule has 8 heteroatoms. The van der Waals surface area contributed by atoms with E-state index in [1.807, 2.05) is 4.90 Å². The fourth-order valence-corrected chi connectivity index (χ4v) is 5.10. The van der Waals surface area contributed by atoms with Crippen LogP contribution in [0.4, 0.5) is 15.8 Å². The lowest BCUT2D eigenvalue weighted by Gasteiger charge is -2.35. The molecule has 3 aliphatic heterocycles. The molecule has 0 amide bonds. The smallest absolute Gasteiger partial charge is 0.169 e. The second-order valence-electron chi connectivity index (χ2n) is 8.46. The highest BCUT2D eigenvalue weighted by Gasteiger charge is 2.41. The van der Waals surface area contributed by atoms with E-state index < -0.39 is 11.9 Å². The predicted octanol–water partition coefficient (Wildman–Crippen LogP) is 2.38. The minimum Gasteiger partial charge on any atom is -0.492 e. The van der Waals surface area contributed by atoms with Crippen LogP contribution in [0.2, 0.25) is 0 Å². The van der Waals surface area contributed by atoms with Gasteiger partial charge in [0.05, 0.1) is 19.0 Å². The molecular weight excluding hydrogens is 375 g/mol. The van der Waals surface area contributed by atoms with E-state index in [2.05, 4.69) is 15.4 Å². The van der Waals surface area contributed by atoms with Crippen molar-refractivity contribution in [2.75, 3.05) is 36.5 Å². The van der Waals surface area contributed by atoms with Crippen molar-refractivity contribution in [3.05, 3.63) is 29.2 Å². The van der Waals surface area contributed by atoms with Gasteiger partial charge in [0.25, 0.3) is 0 Å². The van der Waals surface area contributed by atoms with Gasteiger partial charge in [0.1, 0.15) is 11.8 Å². The zero-order valence-corrected chi connectivity index (χ0v) is 16.5. The highest BCUT2D eigenvalue weighted by Crippen LogP contribution is 2.52. The third-order valence-electron chi connectivity index (χ3n) is 6.64. The van der Waals surface area contributed by atoms with Crippen LogP contribution in [0.5, 0.6) is 5.75 Å². The molecule has 7 nitrogen and oxygen atoms in total. The highest BCUT2D eigenvalue weighted by atomic mass is 19.1. The summed E-state index contributed by atoms with van der Waals surface area (Å²) in [7, 11) is 1.56. The van der Waals surface area contributed by atoms with Crippen LogP contribution in [0.15, 0.2) is 23.0 Å². The van der Waals surface area contributed by atoms with Crippen molar-refractivity contribution in [3.8, 4) is 5.75 Å². The maximum absolute atomic E-state index is 15.4. The molecular formula is C21H27FN4O3. The Labute approximate surface area is 169 Å². The summed E-state index contributed by atoms with van der Waals surface area (Å²) in [6.45, 7) is 2.56. The summed E-state index contributed by atoms with van der Waals surface area (Å²) < 4.78 is 21.2. The van der Waals surface area contributed by atoms with Crippen molar-refractivity contribution in [1.82, 2.24) is 5.32 Å². The number of aliphatic hydroxyl groups excluding tert-OH is 1. The Hall–Kier alpha value is -2.32. The van der Waals surface area contributed by atoms with Gasteiger partial charge in [0, 0.05) is 42.5 Å². The Morgan fingerprint density at radius 1 is 1.28 bits per heavy atom. The molecule has 0 radical (unpaired) electrons. The molecule has 0 bridgehead atoms. The highest BCUT2D eigenvalue weighted by molar-refractivity contribution is 5.88. The van der Waals surface area contributed by atoms with Gasteiger partial charge >= 0.3 is 0 Å². The van der Waals surface area contributed by atoms with Gasteiger partial charge in [-0.2, -0.15) is 0 Å². The first kappa shape index (κ1) is 18.7. The van der Waals surface area contributed by atoms with Crippen molar-refractivity contribution in [2.24, 2.45) is 11.1 Å². The number of piperidine rings is 1. The lowest BCUT2D eigenvalue weighted by Crippen LogP contribution is -2.40. The van der Waals surface area contributed by atoms with Gasteiger partial charge in [-0.15, -0.1) is 0 Å². The SMILES string of the molecule is COc1c(N2C[C@@H]3CCCN[C@@H]3C2)c(F)cc2c1N(C1CC1)C=C(/C=N/O)C2O. The Bertz CT molecular complexity index is 856. The van der Waals surface area contributed by atoms with Gasteiger partial charge < -0.3 is 30.2 Å². The van der Waals surface area contributed by atoms with E-state index in [9.17, 15) is 5.11 Å². The Morgan fingerprint density at radius 3 is 2.79 bits per heavy atom. The number of ether oxygens (including phenoxy) is 1. The molecule has 1 aliphatic carbocycles. The topological polar surface area (TPSA) is 80.6 Å². The maximum Gasteiger partial charge on any atom is 0.169 e. The number of aliphatic hydroxyl groups is 1. The monoisotopic (exact) mass is 402 g/mol. The number of nitrogens with one attached hydrogen (secondary N) is 1. The first-order chi connectivity index (χ1) is 14.1. The number of hydrogen-bond donors (Lipinski definition) is 3. The maximum atomic E-state index is 15.4. The number of methoxy groups -OCH3 is 1. The molecule has 2 saturated heterocycles. The van der Waals surface area contributed by atoms with Gasteiger partial charge in [-0.25, -0.2) is 4.39 Å². The molecule has 3 N–H and O–H groups in total. The van der Waals surface area contributed by atoms with Gasteiger partial charge in [-0.1, -0.05) is 5.16 Å². The van der Waals surface area contributed by atoms with Crippen molar-refractivity contribution in [3.63, 3.8) is 0 Å². The summed E-state index contributed by atoms with van der Waals surface area (Å²) in [5.74, 6) is 0.596. The van der Waals surface area contributed by atoms with E-state index >= 15 is 4.39 Å². The van der Waals surface area contributed by atoms with Crippen molar-refractivity contribution >= 4 is 17.6 Å². The van der Waals surface area contributed by atoms with Gasteiger partial charge in [-0.3, -0.25) is 0 Å². The number of anilines is 2. The average Bonchev–Trinajstić information content (AvgIpc) is 3.47. The number of rotatable bonds is 4. The quantitative estimate of drug-likeness (QED) is 0.408. The number of oxime groups is 1. The summed E-state index contributed by atoms with van der Waals surface area (Å²) in [6.07, 6.45) is 6.27. The molecule has 1 aromatic rings. The van der Waals surface area contributed by atoms with Gasteiger partial charge in [-0.05, 0) is 44.2 Å². The normalized spacial score (nSPS) is 29.1. The fourth-order valence-electron chi connectivity index (χ4n) is 5.10. The van der Waals surface area contributed by atoms with Crippen molar-refractivity contribution in [1.29, 1.82) is 0 Å². The largest absolute Gasteiger partial charge is 0.492 e. The van der Waals surface area contributed by atoms with E-state index in [4.69, 9.17) is 9.94 Å². The van der Waals surface area contributed by atoms with Gasteiger partial charge in [0.15, 0.2) is 11.6 Å². The summed E-state index contributed by atoms with van der Waals surface area (Å²) in [6, 6.07) is 2.07. The Kier molecular flexibility index (Phi) is 4.63. The molecule has 0 aromatic heterocycles. The number of halogens is 1. The van der Waals surface area contributed by atoms with E-state index in [1.54, 1.807) is 13.3 Å². The number of nitrogens with zero attached hydrogens (tertiary/aromatic N) is 3. The van der Waals surface area contributed by atoms with Crippen molar-refractivity contribution in [2.45, 2.75) is 43.9 Å². The molecule has 4 aliphatic rings. The van der Waals surface area contributed by atoms with Crippen LogP contribution in [-0.4, -0.2) is 55.4 Å². The minimum atomic E-state index is -1.07. The second-order valence-corrected chi connectivity index (χ2v) is 8.46. The third-order valence-corrected chi connectivity index (χ3v) is 6.64. The minimum absolute atomic E-state index is 0.276. The molecule has 1 unspecified atom stereocenters. The lowest BCUT2D eigenvalue weighted by molar-refractivity contribution is 0.218. The van der Waals surface area contributed by atoms with Crippen LogP contribution >= 0.6 is 0 Å². The van der Waals surface area contributed by atoms with E-state index in [-0.39, 0.29) is 6.04 Å². The molecule has 1 saturated carbocycles. The first-order valence-corrected chi connectivity index (χ1v) is 10.4.